The summed E-state index contributed by atoms with van der Waals surface area (Å²) in [5.74, 6) is 0. The number of hydrogen-bond acceptors (Lipinski definition) is 4. The third-order valence-electron chi connectivity index (χ3n) is 3.99. The van der Waals surface area contributed by atoms with Gasteiger partial charge in [0.1, 0.15) is 0 Å². The molecule has 0 bridgehead atoms. The average Bonchev–Trinajstić information content (AvgIpc) is 2.65. The van der Waals surface area contributed by atoms with E-state index in [0.29, 0.717) is 11.1 Å². The van der Waals surface area contributed by atoms with E-state index in [4.69, 9.17) is 0 Å². The fourth-order valence-corrected chi connectivity index (χ4v) is 2.97. The number of benzene rings is 3. The van der Waals surface area contributed by atoms with Crippen LogP contribution in [0.25, 0.3) is 0 Å². The van der Waals surface area contributed by atoms with E-state index in [1.807, 2.05) is 48.5 Å². The molecule has 3 aromatic carbocycles. The number of anilines is 5. The number of rotatable bonds is 1. The third kappa shape index (κ3) is 2.15. The zero-order valence-electron chi connectivity index (χ0n) is 12.7. The summed E-state index contributed by atoms with van der Waals surface area (Å²) in [7, 11) is 0. The molecule has 0 aliphatic carbocycles. The molecular formula is C20H12N4. The molecule has 0 saturated carbocycles. The first kappa shape index (κ1) is 13.9. The van der Waals surface area contributed by atoms with Crippen LogP contribution in [0.1, 0.15) is 11.1 Å². The van der Waals surface area contributed by atoms with Crippen LogP contribution in [0.2, 0.25) is 0 Å². The zero-order chi connectivity index (χ0) is 16.5. The molecule has 0 fully saturated rings. The highest BCUT2D eigenvalue weighted by molar-refractivity contribution is 5.96. The molecule has 0 aromatic heterocycles. The van der Waals surface area contributed by atoms with Crippen molar-refractivity contribution < 1.29 is 0 Å². The van der Waals surface area contributed by atoms with Crippen molar-refractivity contribution in [2.24, 2.45) is 0 Å². The molecule has 24 heavy (non-hydrogen) atoms. The van der Waals surface area contributed by atoms with Gasteiger partial charge >= 0.3 is 0 Å². The quantitative estimate of drug-likeness (QED) is 0.540. The second kappa shape index (κ2) is 5.46. The van der Waals surface area contributed by atoms with Crippen LogP contribution in [0.4, 0.5) is 28.4 Å². The molecule has 0 atom stereocenters. The summed E-state index contributed by atoms with van der Waals surface area (Å²) in [4.78, 5) is 2.07. The summed E-state index contributed by atoms with van der Waals surface area (Å²) in [6.45, 7) is 0. The van der Waals surface area contributed by atoms with Crippen molar-refractivity contribution in [3.05, 3.63) is 77.9 Å². The first-order chi connectivity index (χ1) is 11.8. The summed E-state index contributed by atoms with van der Waals surface area (Å²) in [5.41, 5.74) is 5.67. The maximum absolute atomic E-state index is 9.28. The molecule has 1 aliphatic rings. The van der Waals surface area contributed by atoms with Gasteiger partial charge < -0.3 is 10.2 Å². The van der Waals surface area contributed by atoms with Gasteiger partial charge in [0.05, 0.1) is 46.0 Å². The van der Waals surface area contributed by atoms with Crippen LogP contribution < -0.4 is 10.2 Å². The lowest BCUT2D eigenvalue weighted by Crippen LogP contribution is -2.17. The second-order valence-electron chi connectivity index (χ2n) is 5.49. The third-order valence-corrected chi connectivity index (χ3v) is 3.99. The predicted molar refractivity (Wildman–Crippen MR) is 93.8 cm³/mol. The summed E-state index contributed by atoms with van der Waals surface area (Å²) in [5, 5.41) is 22.0. The molecule has 4 heteroatoms. The molecule has 1 aliphatic heterocycles. The number of hydrogen-bond donors (Lipinski definition) is 1. The van der Waals surface area contributed by atoms with Crippen LogP contribution in [0.15, 0.2) is 66.7 Å². The molecule has 0 amide bonds. The summed E-state index contributed by atoms with van der Waals surface area (Å²) < 4.78 is 0. The van der Waals surface area contributed by atoms with Crippen LogP contribution in [-0.2, 0) is 0 Å². The second-order valence-corrected chi connectivity index (χ2v) is 5.49. The maximum atomic E-state index is 9.28. The Bertz CT molecular complexity index is 947. The molecule has 1 heterocycles. The van der Waals surface area contributed by atoms with Crippen molar-refractivity contribution in [2.75, 3.05) is 10.2 Å². The van der Waals surface area contributed by atoms with Gasteiger partial charge in [-0.25, -0.2) is 0 Å². The predicted octanol–water partition coefficient (Wildman–Crippen LogP) is 4.96. The SMILES string of the molecule is N#Cc1cc(C#N)cc(N2c3ccccc3Nc3ccccc32)c1. The van der Waals surface area contributed by atoms with E-state index in [1.54, 1.807) is 18.2 Å². The van der Waals surface area contributed by atoms with Crippen molar-refractivity contribution in [3.8, 4) is 12.1 Å². The van der Waals surface area contributed by atoms with Gasteiger partial charge in [-0.2, -0.15) is 10.5 Å². The molecule has 0 unspecified atom stereocenters. The molecule has 0 radical (unpaired) electrons. The highest BCUT2D eigenvalue weighted by Crippen LogP contribution is 2.47. The van der Waals surface area contributed by atoms with Crippen molar-refractivity contribution in [2.45, 2.75) is 0 Å². The van der Waals surface area contributed by atoms with Crippen molar-refractivity contribution in [1.29, 1.82) is 10.5 Å². The Morgan fingerprint density at radius 3 is 1.71 bits per heavy atom. The number of fused-ring (bicyclic) bond motifs is 2. The van der Waals surface area contributed by atoms with Gasteiger partial charge in [0.25, 0.3) is 0 Å². The van der Waals surface area contributed by atoms with E-state index in [2.05, 4.69) is 22.4 Å². The lowest BCUT2D eigenvalue weighted by molar-refractivity contribution is 1.24. The van der Waals surface area contributed by atoms with Gasteiger partial charge in [0.15, 0.2) is 0 Å². The minimum Gasteiger partial charge on any atom is -0.352 e. The minimum atomic E-state index is 0.470. The van der Waals surface area contributed by atoms with E-state index in [9.17, 15) is 10.5 Å². The number of para-hydroxylation sites is 4. The topological polar surface area (TPSA) is 62.9 Å². The normalized spacial score (nSPS) is 11.5. The van der Waals surface area contributed by atoms with Crippen molar-refractivity contribution >= 4 is 28.4 Å². The highest BCUT2D eigenvalue weighted by atomic mass is 15.2. The maximum Gasteiger partial charge on any atom is 0.0992 e. The van der Waals surface area contributed by atoms with Crippen molar-refractivity contribution in [3.63, 3.8) is 0 Å². The Kier molecular flexibility index (Phi) is 3.16. The molecule has 0 spiro atoms. The van der Waals surface area contributed by atoms with Gasteiger partial charge in [-0.15, -0.1) is 0 Å². The van der Waals surface area contributed by atoms with Crippen molar-refractivity contribution in [1.82, 2.24) is 0 Å². The summed E-state index contributed by atoms with van der Waals surface area (Å²) in [6, 6.07) is 25.4. The lowest BCUT2D eigenvalue weighted by atomic mass is 10.1. The minimum absolute atomic E-state index is 0.470. The Hall–Kier alpha value is -3.76. The molecule has 4 rings (SSSR count). The Balaban J connectivity index is 1.99. The summed E-state index contributed by atoms with van der Waals surface area (Å²) in [6.07, 6.45) is 0. The van der Waals surface area contributed by atoms with E-state index >= 15 is 0 Å². The Morgan fingerprint density at radius 2 is 1.21 bits per heavy atom. The van der Waals surface area contributed by atoms with E-state index < -0.39 is 0 Å². The fraction of sp³-hybridized carbons (Fsp3) is 0. The Morgan fingerprint density at radius 1 is 0.708 bits per heavy atom. The molecule has 112 valence electrons. The Labute approximate surface area is 139 Å². The standard InChI is InChI=1S/C20H12N4/c21-12-14-9-15(13-22)11-16(10-14)24-19-7-3-1-5-17(19)23-18-6-2-4-8-20(18)24/h1-11,23H. The van der Waals surface area contributed by atoms with Crippen LogP contribution >= 0.6 is 0 Å². The van der Waals surface area contributed by atoms with E-state index in [0.717, 1.165) is 28.4 Å². The monoisotopic (exact) mass is 308 g/mol. The number of nitriles is 2. The number of nitrogens with zero attached hydrogens (tertiary/aromatic N) is 3. The first-order valence-electron chi connectivity index (χ1n) is 7.50. The van der Waals surface area contributed by atoms with Gasteiger partial charge in [0, 0.05) is 5.69 Å². The summed E-state index contributed by atoms with van der Waals surface area (Å²) >= 11 is 0. The lowest BCUT2D eigenvalue weighted by Gasteiger charge is -2.34. The molecule has 4 nitrogen and oxygen atoms in total. The number of nitrogens with one attached hydrogen (secondary N) is 1. The van der Waals surface area contributed by atoms with Gasteiger partial charge in [-0.1, -0.05) is 24.3 Å². The molecule has 1 N–H and O–H groups in total. The molecular weight excluding hydrogens is 296 g/mol. The van der Waals surface area contributed by atoms with E-state index in [1.165, 1.54) is 0 Å². The van der Waals surface area contributed by atoms with Gasteiger partial charge in [0.2, 0.25) is 0 Å². The van der Waals surface area contributed by atoms with Gasteiger partial charge in [-0.3, -0.25) is 0 Å². The van der Waals surface area contributed by atoms with E-state index in [-0.39, 0.29) is 0 Å². The largest absolute Gasteiger partial charge is 0.352 e. The van der Waals surface area contributed by atoms with Crippen LogP contribution in [-0.4, -0.2) is 0 Å². The zero-order valence-corrected chi connectivity index (χ0v) is 12.7. The van der Waals surface area contributed by atoms with Crippen LogP contribution in [0.3, 0.4) is 0 Å². The smallest absolute Gasteiger partial charge is 0.0992 e. The van der Waals surface area contributed by atoms with Crippen LogP contribution in [0.5, 0.6) is 0 Å². The molecule has 3 aromatic rings. The first-order valence-corrected chi connectivity index (χ1v) is 7.50. The molecule has 0 saturated heterocycles. The van der Waals surface area contributed by atoms with Gasteiger partial charge in [-0.05, 0) is 42.5 Å². The average molecular weight is 308 g/mol. The fourth-order valence-electron chi connectivity index (χ4n) is 2.97. The highest BCUT2D eigenvalue weighted by Gasteiger charge is 2.23. The van der Waals surface area contributed by atoms with Crippen LogP contribution in [0, 0.1) is 22.7 Å².